The number of carbonyl (C=O) groups is 1. The molecule has 0 radical (unpaired) electrons. The summed E-state index contributed by atoms with van der Waals surface area (Å²) < 4.78 is 9.70. The van der Waals surface area contributed by atoms with Gasteiger partial charge in [0.25, 0.3) is 5.24 Å². The summed E-state index contributed by atoms with van der Waals surface area (Å²) in [6.45, 7) is 0. The van der Waals surface area contributed by atoms with Gasteiger partial charge in [-0.1, -0.05) is 0 Å². The van der Waals surface area contributed by atoms with Crippen LogP contribution in [0.4, 0.5) is 0 Å². The number of hydrogen-bond donors (Lipinski definition) is 0. The van der Waals surface area contributed by atoms with Crippen molar-refractivity contribution in [1.29, 1.82) is 0 Å². The lowest BCUT2D eigenvalue weighted by Gasteiger charge is -2.04. The number of halogens is 1. The van der Waals surface area contributed by atoms with Gasteiger partial charge in [0, 0.05) is 6.07 Å². The van der Waals surface area contributed by atoms with E-state index >= 15 is 0 Å². The highest BCUT2D eigenvalue weighted by atomic mass is 35.5. The van der Waals surface area contributed by atoms with Gasteiger partial charge in [-0.2, -0.15) is 4.98 Å². The van der Waals surface area contributed by atoms with Crippen LogP contribution in [0.3, 0.4) is 0 Å². The lowest BCUT2D eigenvalue weighted by molar-refractivity contribution is 0.107. The van der Waals surface area contributed by atoms with E-state index < -0.39 is 5.24 Å². The molecule has 5 heteroatoms. The second-order valence-corrected chi connectivity index (χ2v) is 2.53. The van der Waals surface area contributed by atoms with Crippen LogP contribution in [0.15, 0.2) is 12.1 Å². The molecule has 0 saturated heterocycles. The fourth-order valence-corrected chi connectivity index (χ4v) is 0.986. The molecule has 0 saturated carbocycles. The lowest BCUT2D eigenvalue weighted by Crippen LogP contribution is -1.99. The second-order valence-electron chi connectivity index (χ2n) is 2.18. The summed E-state index contributed by atoms with van der Waals surface area (Å²) in [7, 11) is 2.88. The molecule has 0 aliphatic carbocycles. The average molecular weight is 202 g/mol. The van der Waals surface area contributed by atoms with Gasteiger partial charge in [0.1, 0.15) is 0 Å². The summed E-state index contributed by atoms with van der Waals surface area (Å²) >= 11 is 5.28. The topological polar surface area (TPSA) is 48.4 Å². The Balaban J connectivity index is 3.15. The van der Waals surface area contributed by atoms with Gasteiger partial charge in [-0.3, -0.25) is 4.79 Å². The summed E-state index contributed by atoms with van der Waals surface area (Å²) in [5, 5.41) is -0.605. The van der Waals surface area contributed by atoms with Crippen molar-refractivity contribution in [2.45, 2.75) is 0 Å². The lowest BCUT2D eigenvalue weighted by atomic mass is 10.3. The highest BCUT2D eigenvalue weighted by molar-refractivity contribution is 6.68. The summed E-state index contributed by atoms with van der Waals surface area (Å²) in [5.74, 6) is 0.540. The number of pyridine rings is 1. The SMILES string of the molecule is COc1ccc(C(=O)Cl)c(OC)n1. The van der Waals surface area contributed by atoms with Crippen molar-refractivity contribution in [3.63, 3.8) is 0 Å². The minimum absolute atomic E-state index is 0.166. The highest BCUT2D eigenvalue weighted by Crippen LogP contribution is 2.20. The standard InChI is InChI=1S/C8H8ClNO3/c1-12-6-4-3-5(7(9)11)8(10-6)13-2/h3-4H,1-2H3. The maximum Gasteiger partial charge on any atom is 0.257 e. The first-order chi connectivity index (χ1) is 6.19. The van der Waals surface area contributed by atoms with Gasteiger partial charge in [0.15, 0.2) is 0 Å². The number of carbonyl (C=O) groups excluding carboxylic acids is 1. The molecule has 0 bridgehead atoms. The molecule has 0 aromatic carbocycles. The molecular formula is C8H8ClNO3. The molecule has 1 rings (SSSR count). The van der Waals surface area contributed by atoms with Crippen molar-refractivity contribution in [3.8, 4) is 11.8 Å². The molecule has 0 atom stereocenters. The van der Waals surface area contributed by atoms with Crippen LogP contribution in [0.25, 0.3) is 0 Å². The van der Waals surface area contributed by atoms with Crippen LogP contribution in [0, 0.1) is 0 Å². The van der Waals surface area contributed by atoms with E-state index in [2.05, 4.69) is 4.98 Å². The molecule has 13 heavy (non-hydrogen) atoms. The first kappa shape index (κ1) is 9.80. The van der Waals surface area contributed by atoms with Crippen LogP contribution >= 0.6 is 11.6 Å². The van der Waals surface area contributed by atoms with Gasteiger partial charge in [-0.25, -0.2) is 0 Å². The Morgan fingerprint density at radius 3 is 2.54 bits per heavy atom. The number of aromatic nitrogens is 1. The molecule has 1 aromatic rings. The van der Waals surface area contributed by atoms with Crippen LogP contribution in [-0.4, -0.2) is 24.4 Å². The monoisotopic (exact) mass is 201 g/mol. The molecule has 1 heterocycles. The Labute approximate surface area is 80.4 Å². The molecule has 0 unspecified atom stereocenters. The first-order valence-electron chi connectivity index (χ1n) is 3.48. The fraction of sp³-hybridized carbons (Fsp3) is 0.250. The molecule has 0 aliphatic rings. The van der Waals surface area contributed by atoms with Crippen LogP contribution in [0.5, 0.6) is 11.8 Å². The Hall–Kier alpha value is -1.29. The number of nitrogens with zero attached hydrogens (tertiary/aromatic N) is 1. The van der Waals surface area contributed by atoms with Crippen molar-refractivity contribution >= 4 is 16.8 Å². The maximum absolute atomic E-state index is 10.8. The summed E-state index contributed by atoms with van der Waals surface area (Å²) in [4.78, 5) is 14.7. The number of rotatable bonds is 3. The smallest absolute Gasteiger partial charge is 0.257 e. The van der Waals surface area contributed by atoms with Crippen molar-refractivity contribution < 1.29 is 14.3 Å². The minimum Gasteiger partial charge on any atom is -0.481 e. The van der Waals surface area contributed by atoms with Gasteiger partial charge < -0.3 is 9.47 Å². The minimum atomic E-state index is -0.605. The van der Waals surface area contributed by atoms with E-state index in [1.165, 1.54) is 26.4 Å². The molecule has 4 nitrogen and oxygen atoms in total. The summed E-state index contributed by atoms with van der Waals surface area (Å²) in [5.41, 5.74) is 0.227. The van der Waals surface area contributed by atoms with Gasteiger partial charge in [0.05, 0.1) is 19.8 Å². The highest BCUT2D eigenvalue weighted by Gasteiger charge is 2.11. The molecule has 1 aromatic heterocycles. The molecule has 0 fully saturated rings. The predicted octanol–water partition coefficient (Wildman–Crippen LogP) is 1.48. The van der Waals surface area contributed by atoms with Crippen LogP contribution in [0.2, 0.25) is 0 Å². The van der Waals surface area contributed by atoms with E-state index in [-0.39, 0.29) is 11.4 Å². The molecule has 0 aliphatic heterocycles. The second kappa shape index (κ2) is 4.09. The number of hydrogen-bond acceptors (Lipinski definition) is 4. The zero-order chi connectivity index (χ0) is 9.84. The van der Waals surface area contributed by atoms with E-state index in [1.807, 2.05) is 0 Å². The molecule has 0 amide bonds. The maximum atomic E-state index is 10.8. The molecule has 0 N–H and O–H groups in total. The number of ether oxygens (including phenoxy) is 2. The zero-order valence-corrected chi connectivity index (χ0v) is 7.96. The molecule has 0 spiro atoms. The fourth-order valence-electron chi connectivity index (χ4n) is 0.842. The summed E-state index contributed by atoms with van der Waals surface area (Å²) in [6, 6.07) is 3.04. The van der Waals surface area contributed by atoms with Gasteiger partial charge in [0.2, 0.25) is 11.8 Å². The van der Waals surface area contributed by atoms with Crippen LogP contribution in [0.1, 0.15) is 10.4 Å². The van der Waals surface area contributed by atoms with Crippen molar-refractivity contribution in [2.24, 2.45) is 0 Å². The van der Waals surface area contributed by atoms with Crippen LogP contribution in [-0.2, 0) is 0 Å². The third-order valence-electron chi connectivity index (χ3n) is 1.45. The Bertz CT molecular complexity index is 327. The number of methoxy groups -OCH3 is 2. The summed E-state index contributed by atoms with van der Waals surface area (Å²) in [6.07, 6.45) is 0. The Morgan fingerprint density at radius 1 is 1.38 bits per heavy atom. The van der Waals surface area contributed by atoms with Gasteiger partial charge in [-0.15, -0.1) is 0 Å². The quantitative estimate of drug-likeness (QED) is 0.695. The van der Waals surface area contributed by atoms with E-state index in [4.69, 9.17) is 21.1 Å². The Morgan fingerprint density at radius 2 is 2.08 bits per heavy atom. The van der Waals surface area contributed by atoms with E-state index in [1.54, 1.807) is 0 Å². The third kappa shape index (κ3) is 2.09. The average Bonchev–Trinajstić information content (AvgIpc) is 2.16. The third-order valence-corrected chi connectivity index (χ3v) is 1.65. The van der Waals surface area contributed by atoms with E-state index in [9.17, 15) is 4.79 Å². The van der Waals surface area contributed by atoms with Gasteiger partial charge >= 0.3 is 0 Å². The predicted molar refractivity (Wildman–Crippen MR) is 47.5 cm³/mol. The Kier molecular flexibility index (Phi) is 3.08. The van der Waals surface area contributed by atoms with Crippen molar-refractivity contribution in [3.05, 3.63) is 17.7 Å². The van der Waals surface area contributed by atoms with E-state index in [0.717, 1.165) is 0 Å². The normalized spacial score (nSPS) is 9.46. The van der Waals surface area contributed by atoms with Crippen molar-refractivity contribution in [2.75, 3.05) is 14.2 Å². The van der Waals surface area contributed by atoms with Gasteiger partial charge in [-0.05, 0) is 17.7 Å². The molecular weight excluding hydrogens is 194 g/mol. The molecule has 70 valence electrons. The van der Waals surface area contributed by atoms with Crippen LogP contribution < -0.4 is 9.47 Å². The van der Waals surface area contributed by atoms with Crippen molar-refractivity contribution in [1.82, 2.24) is 4.98 Å². The van der Waals surface area contributed by atoms with E-state index in [0.29, 0.717) is 5.88 Å². The largest absolute Gasteiger partial charge is 0.481 e. The first-order valence-corrected chi connectivity index (χ1v) is 3.85. The zero-order valence-electron chi connectivity index (χ0n) is 7.20.